The molecule has 17 heavy (non-hydrogen) atoms. The summed E-state index contributed by atoms with van der Waals surface area (Å²) in [6.45, 7) is 2.11. The van der Waals surface area contributed by atoms with Gasteiger partial charge in [0.1, 0.15) is 5.82 Å². The second kappa shape index (κ2) is 5.35. The maximum Gasteiger partial charge on any atom is 0.303 e. The summed E-state index contributed by atoms with van der Waals surface area (Å²) in [5, 5.41) is 8.83. The minimum atomic E-state index is -0.688. The van der Waals surface area contributed by atoms with E-state index in [0.717, 1.165) is 41.6 Å². The van der Waals surface area contributed by atoms with Gasteiger partial charge in [-0.25, -0.2) is 4.98 Å². The lowest BCUT2D eigenvalue weighted by molar-refractivity contribution is -0.138. The number of hydrogen-bond donors (Lipinski definition) is 1. The fourth-order valence-electron chi connectivity index (χ4n) is 1.71. The molecule has 0 bridgehead atoms. The van der Waals surface area contributed by atoms with Crippen LogP contribution < -0.4 is 0 Å². The molecule has 0 saturated heterocycles. The number of rotatable bonds is 7. The monoisotopic (exact) mass is 272 g/mol. The Kier molecular flexibility index (Phi) is 4.04. The van der Waals surface area contributed by atoms with Gasteiger partial charge in [-0.15, -0.1) is 0 Å². The van der Waals surface area contributed by atoms with Crippen molar-refractivity contribution in [3.8, 4) is 0 Å². The van der Waals surface area contributed by atoms with Crippen molar-refractivity contribution >= 4 is 29.3 Å². The second-order valence-electron chi connectivity index (χ2n) is 4.59. The van der Waals surface area contributed by atoms with Gasteiger partial charge in [-0.1, -0.05) is 18.7 Å². The first-order chi connectivity index (χ1) is 8.13. The minimum Gasteiger partial charge on any atom is -0.481 e. The average Bonchev–Trinajstić information content (AvgIpc) is 2.87. The Bertz CT molecular complexity index is 402. The molecule has 2 rings (SSSR count). The van der Waals surface area contributed by atoms with Gasteiger partial charge in [0.2, 0.25) is 0 Å². The first-order valence-corrected chi connectivity index (χ1v) is 7.57. The zero-order chi connectivity index (χ0) is 12.3. The molecule has 1 aromatic rings. The Morgan fingerprint density at radius 1 is 1.59 bits per heavy atom. The number of thioether (sulfide) groups is 1. The largest absolute Gasteiger partial charge is 0.481 e. The van der Waals surface area contributed by atoms with E-state index in [1.165, 1.54) is 11.5 Å². The molecule has 4 nitrogen and oxygen atoms in total. The van der Waals surface area contributed by atoms with Crippen molar-refractivity contribution in [2.75, 3.05) is 5.75 Å². The molecule has 0 spiro atoms. The van der Waals surface area contributed by atoms with E-state index in [1.54, 1.807) is 11.8 Å². The molecule has 0 unspecified atom stereocenters. The van der Waals surface area contributed by atoms with E-state index in [-0.39, 0.29) is 5.41 Å². The van der Waals surface area contributed by atoms with E-state index < -0.39 is 5.97 Å². The van der Waals surface area contributed by atoms with E-state index in [0.29, 0.717) is 6.42 Å². The van der Waals surface area contributed by atoms with Gasteiger partial charge in [0.05, 0.1) is 6.42 Å². The smallest absolute Gasteiger partial charge is 0.303 e. The summed E-state index contributed by atoms with van der Waals surface area (Å²) in [4.78, 5) is 15.2. The van der Waals surface area contributed by atoms with Crippen molar-refractivity contribution < 1.29 is 9.90 Å². The molecule has 1 aromatic heterocycles. The molecular weight excluding hydrogens is 256 g/mol. The van der Waals surface area contributed by atoms with Gasteiger partial charge in [-0.2, -0.15) is 4.37 Å². The molecule has 1 aliphatic carbocycles. The standard InChI is InChI=1S/C11H16N2O2S2/c1-2-3-8-12-10(17-13-8)16-7-11(4-5-11)6-9(14)15/h2-7H2,1H3,(H,14,15). The Balaban J connectivity index is 1.83. The summed E-state index contributed by atoms with van der Waals surface area (Å²) in [5.41, 5.74) is 0.0348. The number of carbonyl (C=O) groups is 1. The third kappa shape index (κ3) is 3.67. The summed E-state index contributed by atoms with van der Waals surface area (Å²) in [6.07, 6.45) is 4.35. The normalized spacial score (nSPS) is 17.0. The van der Waals surface area contributed by atoms with Gasteiger partial charge < -0.3 is 5.11 Å². The fourth-order valence-corrected chi connectivity index (χ4v) is 3.66. The predicted octanol–water partition coefficient (Wildman–Crippen LogP) is 2.84. The van der Waals surface area contributed by atoms with Crippen LogP contribution in [0, 0.1) is 5.41 Å². The maximum atomic E-state index is 10.7. The van der Waals surface area contributed by atoms with Gasteiger partial charge in [0, 0.05) is 12.2 Å². The van der Waals surface area contributed by atoms with E-state index in [4.69, 9.17) is 5.11 Å². The molecule has 1 saturated carbocycles. The molecule has 0 aliphatic heterocycles. The topological polar surface area (TPSA) is 63.1 Å². The van der Waals surface area contributed by atoms with Crippen LogP contribution in [0.4, 0.5) is 0 Å². The third-order valence-electron chi connectivity index (χ3n) is 2.91. The zero-order valence-corrected chi connectivity index (χ0v) is 11.4. The maximum absolute atomic E-state index is 10.7. The van der Waals surface area contributed by atoms with Crippen LogP contribution >= 0.6 is 23.3 Å². The van der Waals surface area contributed by atoms with Gasteiger partial charge in [-0.05, 0) is 36.2 Å². The van der Waals surface area contributed by atoms with Crippen molar-refractivity contribution in [2.45, 2.75) is 43.4 Å². The van der Waals surface area contributed by atoms with Crippen LogP contribution in [0.25, 0.3) is 0 Å². The summed E-state index contributed by atoms with van der Waals surface area (Å²) >= 11 is 3.09. The molecule has 6 heteroatoms. The SMILES string of the molecule is CCCc1nsc(SCC2(CC(=O)O)CC2)n1. The summed E-state index contributed by atoms with van der Waals surface area (Å²) in [5.74, 6) is 1.09. The zero-order valence-electron chi connectivity index (χ0n) is 9.81. The third-order valence-corrected chi connectivity index (χ3v) is 5.13. The highest BCUT2D eigenvalue weighted by atomic mass is 32.2. The van der Waals surface area contributed by atoms with Crippen LogP contribution in [0.15, 0.2) is 4.34 Å². The fraction of sp³-hybridized carbons (Fsp3) is 0.727. The molecule has 1 fully saturated rings. The number of aliphatic carboxylic acids is 1. The Hall–Kier alpha value is -0.620. The first kappa shape index (κ1) is 12.8. The van der Waals surface area contributed by atoms with Gasteiger partial charge in [0.25, 0.3) is 0 Å². The minimum absolute atomic E-state index is 0.0348. The lowest BCUT2D eigenvalue weighted by Gasteiger charge is -2.09. The predicted molar refractivity (Wildman–Crippen MR) is 68.5 cm³/mol. The highest BCUT2D eigenvalue weighted by Gasteiger charge is 2.44. The molecule has 94 valence electrons. The van der Waals surface area contributed by atoms with E-state index in [9.17, 15) is 4.79 Å². The van der Waals surface area contributed by atoms with Crippen LogP contribution in [0.5, 0.6) is 0 Å². The lowest BCUT2D eigenvalue weighted by Crippen LogP contribution is -2.10. The number of aryl methyl sites for hydroxylation is 1. The van der Waals surface area contributed by atoms with Crippen molar-refractivity contribution in [2.24, 2.45) is 5.41 Å². The molecule has 0 atom stereocenters. The molecule has 1 heterocycles. The highest BCUT2D eigenvalue weighted by Crippen LogP contribution is 2.52. The molecular formula is C11H16N2O2S2. The quantitative estimate of drug-likeness (QED) is 0.773. The number of hydrogen-bond acceptors (Lipinski definition) is 5. The molecule has 0 radical (unpaired) electrons. The van der Waals surface area contributed by atoms with Crippen LogP contribution in [-0.2, 0) is 11.2 Å². The summed E-state index contributed by atoms with van der Waals surface area (Å²) < 4.78 is 5.26. The Morgan fingerprint density at radius 3 is 2.94 bits per heavy atom. The van der Waals surface area contributed by atoms with Crippen molar-refractivity contribution in [3.63, 3.8) is 0 Å². The van der Waals surface area contributed by atoms with Crippen molar-refractivity contribution in [1.29, 1.82) is 0 Å². The molecule has 0 aromatic carbocycles. The van der Waals surface area contributed by atoms with Crippen LogP contribution in [0.1, 0.15) is 38.4 Å². The Morgan fingerprint density at radius 2 is 2.35 bits per heavy atom. The molecule has 0 amide bonds. The first-order valence-electron chi connectivity index (χ1n) is 5.81. The van der Waals surface area contributed by atoms with Gasteiger partial charge >= 0.3 is 5.97 Å². The van der Waals surface area contributed by atoms with Gasteiger partial charge in [-0.3, -0.25) is 4.79 Å². The van der Waals surface area contributed by atoms with Crippen molar-refractivity contribution in [1.82, 2.24) is 9.36 Å². The van der Waals surface area contributed by atoms with Crippen molar-refractivity contribution in [3.05, 3.63) is 5.82 Å². The average molecular weight is 272 g/mol. The number of aromatic nitrogens is 2. The van der Waals surface area contributed by atoms with Crippen LogP contribution in [-0.4, -0.2) is 26.2 Å². The van der Waals surface area contributed by atoms with E-state index in [1.807, 2.05) is 0 Å². The number of carboxylic acid groups (broad SMARTS) is 1. The Labute approximate surface area is 109 Å². The summed E-state index contributed by atoms with van der Waals surface area (Å²) in [6, 6.07) is 0. The number of carboxylic acids is 1. The second-order valence-corrected chi connectivity index (χ2v) is 6.56. The van der Waals surface area contributed by atoms with E-state index in [2.05, 4.69) is 16.3 Å². The van der Waals surface area contributed by atoms with Gasteiger partial charge in [0.15, 0.2) is 4.34 Å². The molecule has 1 N–H and O–H groups in total. The lowest BCUT2D eigenvalue weighted by atomic mass is 10.1. The van der Waals surface area contributed by atoms with Crippen LogP contribution in [0.3, 0.4) is 0 Å². The summed E-state index contributed by atoms with van der Waals surface area (Å²) in [7, 11) is 0. The van der Waals surface area contributed by atoms with E-state index >= 15 is 0 Å². The highest BCUT2D eigenvalue weighted by molar-refractivity contribution is 8.00. The van der Waals surface area contributed by atoms with Crippen LogP contribution in [0.2, 0.25) is 0 Å². The molecule has 1 aliphatic rings. The number of nitrogens with zero attached hydrogens (tertiary/aromatic N) is 2.